The van der Waals surface area contributed by atoms with E-state index < -0.39 is 17.5 Å². The molecule has 106 valence electrons. The molecule has 0 saturated heterocycles. The van der Waals surface area contributed by atoms with Gasteiger partial charge in [0.2, 0.25) is 0 Å². The number of nitrogens with one attached hydrogen (secondary N) is 1. The molecule has 0 unspecified atom stereocenters. The maximum atomic E-state index is 13.8. The summed E-state index contributed by atoms with van der Waals surface area (Å²) in [6, 6.07) is 3.24. The minimum atomic E-state index is -1.25. The zero-order chi connectivity index (χ0) is 15.1. The summed E-state index contributed by atoms with van der Waals surface area (Å²) in [6.45, 7) is 0.225. The van der Waals surface area contributed by atoms with Crippen molar-refractivity contribution in [3.63, 3.8) is 0 Å². The summed E-state index contributed by atoms with van der Waals surface area (Å²) in [6.07, 6.45) is 3.09. The lowest BCUT2D eigenvalue weighted by molar-refractivity contribution is 0.495. The van der Waals surface area contributed by atoms with E-state index in [4.69, 9.17) is 11.0 Å². The highest BCUT2D eigenvalue weighted by Crippen LogP contribution is 2.34. The van der Waals surface area contributed by atoms with Gasteiger partial charge < -0.3 is 16.0 Å². The third-order valence-corrected chi connectivity index (χ3v) is 3.32. The lowest BCUT2D eigenvalue weighted by Gasteiger charge is -2.17. The van der Waals surface area contributed by atoms with Crippen molar-refractivity contribution in [1.29, 1.82) is 5.26 Å². The first kappa shape index (κ1) is 13.1. The molecule has 1 aromatic rings. The van der Waals surface area contributed by atoms with Crippen LogP contribution < -0.4 is 16.0 Å². The number of benzene rings is 1. The minimum Gasteiger partial charge on any atom is -0.384 e. The molecule has 3 rings (SSSR count). The maximum Gasteiger partial charge on any atom is 0.161 e. The van der Waals surface area contributed by atoms with E-state index in [1.807, 2.05) is 6.07 Å². The molecule has 0 aromatic heterocycles. The van der Waals surface area contributed by atoms with Crippen molar-refractivity contribution in [3.8, 4) is 6.07 Å². The van der Waals surface area contributed by atoms with Crippen molar-refractivity contribution in [2.75, 3.05) is 11.4 Å². The fourth-order valence-corrected chi connectivity index (χ4v) is 2.29. The molecule has 2 heterocycles. The average molecular weight is 290 g/mol. The Labute approximate surface area is 118 Å². The van der Waals surface area contributed by atoms with Gasteiger partial charge in [0, 0.05) is 36.7 Å². The van der Waals surface area contributed by atoms with Crippen LogP contribution in [0.2, 0.25) is 0 Å². The Hall–Kier alpha value is -2.88. The molecule has 0 saturated carbocycles. The number of nitriles is 1. The highest BCUT2D eigenvalue weighted by molar-refractivity contribution is 5.67. The molecule has 21 heavy (non-hydrogen) atoms. The largest absolute Gasteiger partial charge is 0.384 e. The Morgan fingerprint density at radius 2 is 1.90 bits per heavy atom. The number of allylic oxidation sites excluding steroid dienone is 1. The summed E-state index contributed by atoms with van der Waals surface area (Å²) in [5, 5.41) is 11.8. The number of nitrogens with zero attached hydrogens (tertiary/aromatic N) is 2. The van der Waals surface area contributed by atoms with Gasteiger partial charge in [-0.05, 0) is 5.57 Å². The molecule has 1 aromatic carbocycles. The van der Waals surface area contributed by atoms with Crippen LogP contribution in [0.4, 0.5) is 18.9 Å². The SMILES string of the molecule is N#CC1=C(N)NC=C2CN(c3cc(F)c(F)cc3F)C=C21. The van der Waals surface area contributed by atoms with Crippen molar-refractivity contribution in [1.82, 2.24) is 5.32 Å². The van der Waals surface area contributed by atoms with Crippen LogP contribution in [-0.4, -0.2) is 6.54 Å². The van der Waals surface area contributed by atoms with Gasteiger partial charge in [-0.15, -0.1) is 0 Å². The third-order valence-electron chi connectivity index (χ3n) is 3.32. The minimum absolute atomic E-state index is 0.104. The summed E-state index contributed by atoms with van der Waals surface area (Å²) in [5.74, 6) is -3.07. The van der Waals surface area contributed by atoms with Gasteiger partial charge in [-0.3, -0.25) is 0 Å². The number of halogens is 3. The molecule has 0 atom stereocenters. The first-order valence-electron chi connectivity index (χ1n) is 6.00. The van der Waals surface area contributed by atoms with Crippen LogP contribution in [0.15, 0.2) is 47.1 Å². The van der Waals surface area contributed by atoms with E-state index in [-0.39, 0.29) is 23.6 Å². The predicted octanol–water partition coefficient (Wildman–Crippen LogP) is 1.99. The van der Waals surface area contributed by atoms with Crippen molar-refractivity contribution in [2.45, 2.75) is 0 Å². The van der Waals surface area contributed by atoms with Gasteiger partial charge >= 0.3 is 0 Å². The average Bonchev–Trinajstić information content (AvgIpc) is 2.86. The van der Waals surface area contributed by atoms with Crippen molar-refractivity contribution < 1.29 is 13.2 Å². The van der Waals surface area contributed by atoms with Crippen LogP contribution in [0.5, 0.6) is 0 Å². The summed E-state index contributed by atoms with van der Waals surface area (Å²) < 4.78 is 40.1. The molecule has 0 spiro atoms. The monoisotopic (exact) mass is 290 g/mol. The first-order chi connectivity index (χ1) is 10.0. The van der Waals surface area contributed by atoms with Gasteiger partial charge in [0.25, 0.3) is 0 Å². The molecular formula is C14H9F3N4. The molecule has 0 fully saturated rings. The fraction of sp³-hybridized carbons (Fsp3) is 0.0714. The second-order valence-corrected chi connectivity index (χ2v) is 4.60. The van der Waals surface area contributed by atoms with Crippen LogP contribution in [0.1, 0.15) is 0 Å². The molecule has 0 radical (unpaired) electrons. The van der Waals surface area contributed by atoms with Gasteiger partial charge in [0.1, 0.15) is 23.3 Å². The second kappa shape index (κ2) is 4.59. The van der Waals surface area contributed by atoms with Gasteiger partial charge in [-0.25, -0.2) is 13.2 Å². The molecule has 0 amide bonds. The van der Waals surface area contributed by atoms with Crippen LogP contribution in [-0.2, 0) is 0 Å². The highest BCUT2D eigenvalue weighted by Gasteiger charge is 2.28. The zero-order valence-corrected chi connectivity index (χ0v) is 10.6. The van der Waals surface area contributed by atoms with Gasteiger partial charge in [-0.2, -0.15) is 5.26 Å². The molecule has 0 aliphatic carbocycles. The Morgan fingerprint density at radius 3 is 2.62 bits per heavy atom. The molecule has 7 heteroatoms. The van der Waals surface area contributed by atoms with Gasteiger partial charge in [0.05, 0.1) is 5.69 Å². The number of hydrogen-bond donors (Lipinski definition) is 2. The first-order valence-corrected chi connectivity index (χ1v) is 6.00. The predicted molar refractivity (Wildman–Crippen MR) is 69.8 cm³/mol. The van der Waals surface area contributed by atoms with E-state index in [0.29, 0.717) is 17.2 Å². The van der Waals surface area contributed by atoms with E-state index in [2.05, 4.69) is 5.32 Å². The van der Waals surface area contributed by atoms with Crippen LogP contribution in [0.3, 0.4) is 0 Å². The molecule has 4 nitrogen and oxygen atoms in total. The summed E-state index contributed by atoms with van der Waals surface area (Å²) >= 11 is 0. The molecule has 2 aliphatic heterocycles. The molecule has 3 N–H and O–H groups in total. The lowest BCUT2D eigenvalue weighted by Crippen LogP contribution is -2.23. The van der Waals surface area contributed by atoms with E-state index in [9.17, 15) is 13.2 Å². The Bertz CT molecular complexity index is 771. The summed E-state index contributed by atoms with van der Waals surface area (Å²) in [4.78, 5) is 1.40. The van der Waals surface area contributed by atoms with E-state index >= 15 is 0 Å². The number of nitrogens with two attached hydrogens (primary N) is 1. The summed E-state index contributed by atoms with van der Waals surface area (Å²) in [5.41, 5.74) is 7.04. The van der Waals surface area contributed by atoms with Gasteiger partial charge in [0.15, 0.2) is 11.6 Å². The fourth-order valence-electron chi connectivity index (χ4n) is 2.29. The number of dihydropyridines is 1. The number of hydrogen-bond acceptors (Lipinski definition) is 4. The number of rotatable bonds is 1. The maximum absolute atomic E-state index is 13.8. The van der Waals surface area contributed by atoms with Gasteiger partial charge in [-0.1, -0.05) is 0 Å². The Balaban J connectivity index is 2.05. The third kappa shape index (κ3) is 2.01. The standard InChI is InChI=1S/C14H9F3N4/c15-10-1-12(17)13(2-11(10)16)21-5-7-4-20-14(19)8(3-18)9(7)6-21/h1-2,4,6,20H,5,19H2. The smallest absolute Gasteiger partial charge is 0.161 e. The van der Waals surface area contributed by atoms with Crippen molar-refractivity contribution in [2.24, 2.45) is 5.73 Å². The van der Waals surface area contributed by atoms with Crippen molar-refractivity contribution >= 4 is 5.69 Å². The molecule has 0 bridgehead atoms. The summed E-state index contributed by atoms with van der Waals surface area (Å²) in [7, 11) is 0. The topological polar surface area (TPSA) is 65.1 Å². The Kier molecular flexibility index (Phi) is 2.87. The van der Waals surface area contributed by atoms with Crippen LogP contribution in [0.25, 0.3) is 0 Å². The number of anilines is 1. The van der Waals surface area contributed by atoms with E-state index in [1.165, 1.54) is 11.1 Å². The second-order valence-electron chi connectivity index (χ2n) is 4.60. The van der Waals surface area contributed by atoms with Crippen molar-refractivity contribution in [3.05, 3.63) is 64.5 Å². The normalized spacial score (nSPS) is 17.0. The van der Waals surface area contributed by atoms with Crippen LogP contribution >= 0.6 is 0 Å². The van der Waals surface area contributed by atoms with E-state index in [0.717, 1.165) is 6.07 Å². The number of fused-ring (bicyclic) bond motifs is 1. The highest BCUT2D eigenvalue weighted by atomic mass is 19.2. The quantitative estimate of drug-likeness (QED) is 0.776. The van der Waals surface area contributed by atoms with E-state index in [1.54, 1.807) is 6.20 Å². The molecular weight excluding hydrogens is 281 g/mol. The molecule has 2 aliphatic rings. The lowest BCUT2D eigenvalue weighted by atomic mass is 10.0. The van der Waals surface area contributed by atoms with Crippen LogP contribution in [0, 0.1) is 28.8 Å². The zero-order valence-electron chi connectivity index (χ0n) is 10.6. The Morgan fingerprint density at radius 1 is 1.19 bits per heavy atom.